The Kier molecular flexibility index (Phi) is 6.21. The highest BCUT2D eigenvalue weighted by molar-refractivity contribution is 5.51. The maximum atomic E-state index is 9.07. The smallest absolute Gasteiger partial charge is 0.222 e. The summed E-state index contributed by atoms with van der Waals surface area (Å²) in [5.74, 6) is 1.35. The Morgan fingerprint density at radius 1 is 1.50 bits per heavy atom. The van der Waals surface area contributed by atoms with E-state index < -0.39 is 0 Å². The van der Waals surface area contributed by atoms with E-state index in [0.29, 0.717) is 18.0 Å². The van der Waals surface area contributed by atoms with Crippen LogP contribution in [0, 0.1) is 0 Å². The van der Waals surface area contributed by atoms with Gasteiger partial charge in [0.25, 0.3) is 0 Å². The lowest BCUT2D eigenvalue weighted by Gasteiger charge is -2.19. The van der Waals surface area contributed by atoms with Gasteiger partial charge in [0.15, 0.2) is 11.6 Å². The third kappa shape index (κ3) is 4.37. The summed E-state index contributed by atoms with van der Waals surface area (Å²) in [7, 11) is 1.56. The third-order valence-electron chi connectivity index (χ3n) is 2.72. The Bertz CT molecular complexity index is 360. The summed E-state index contributed by atoms with van der Waals surface area (Å²) in [6.45, 7) is 2.28. The molecule has 0 bridgehead atoms. The van der Waals surface area contributed by atoms with E-state index in [2.05, 4.69) is 22.2 Å². The van der Waals surface area contributed by atoms with Gasteiger partial charge in [0.1, 0.15) is 0 Å². The molecule has 102 valence electrons. The summed E-state index contributed by atoms with van der Waals surface area (Å²) in [5.41, 5.74) is 5.56. The second kappa shape index (κ2) is 7.71. The van der Waals surface area contributed by atoms with Gasteiger partial charge in [-0.25, -0.2) is 4.98 Å². The minimum absolute atomic E-state index is 0.143. The summed E-state index contributed by atoms with van der Waals surface area (Å²) in [6.07, 6.45) is 5.41. The van der Waals surface area contributed by atoms with Crippen molar-refractivity contribution in [1.29, 1.82) is 0 Å². The van der Waals surface area contributed by atoms with Crippen molar-refractivity contribution < 1.29 is 9.84 Å². The van der Waals surface area contributed by atoms with Crippen molar-refractivity contribution in [1.82, 2.24) is 9.97 Å². The molecule has 4 N–H and O–H groups in total. The van der Waals surface area contributed by atoms with Crippen LogP contribution in [0.25, 0.3) is 0 Å². The third-order valence-corrected chi connectivity index (χ3v) is 2.72. The van der Waals surface area contributed by atoms with Gasteiger partial charge in [-0.1, -0.05) is 19.8 Å². The number of methoxy groups -OCH3 is 1. The Balaban J connectivity index is 2.74. The zero-order valence-corrected chi connectivity index (χ0v) is 11.0. The summed E-state index contributed by atoms with van der Waals surface area (Å²) in [6, 6.07) is 0.165. The van der Waals surface area contributed by atoms with Gasteiger partial charge in [0.2, 0.25) is 5.95 Å². The average Bonchev–Trinajstić information content (AvgIpc) is 2.36. The predicted octanol–water partition coefficient (Wildman–Crippen LogP) is 1.42. The quantitative estimate of drug-likeness (QED) is 0.649. The highest BCUT2D eigenvalue weighted by Crippen LogP contribution is 2.23. The molecule has 0 unspecified atom stereocenters. The van der Waals surface area contributed by atoms with E-state index in [9.17, 15) is 0 Å². The van der Waals surface area contributed by atoms with E-state index in [1.54, 1.807) is 13.3 Å². The number of anilines is 2. The molecular weight excluding hydrogens is 232 g/mol. The van der Waals surface area contributed by atoms with Crippen molar-refractivity contribution in [2.75, 3.05) is 24.8 Å². The molecule has 0 aliphatic heterocycles. The molecule has 0 saturated heterocycles. The molecule has 1 heterocycles. The van der Waals surface area contributed by atoms with Gasteiger partial charge in [-0.3, -0.25) is 0 Å². The molecular formula is C12H22N4O2. The SMILES string of the molecule is CCCC[C@H](CCO)Nc1nc(N)ncc1OC. The molecule has 6 heteroatoms. The first-order chi connectivity index (χ1) is 8.71. The van der Waals surface area contributed by atoms with Crippen molar-refractivity contribution >= 4 is 11.8 Å². The van der Waals surface area contributed by atoms with Crippen molar-refractivity contribution in [2.24, 2.45) is 0 Å². The minimum atomic E-state index is 0.143. The Labute approximate surface area is 108 Å². The first-order valence-electron chi connectivity index (χ1n) is 6.25. The van der Waals surface area contributed by atoms with E-state index in [1.165, 1.54) is 0 Å². The van der Waals surface area contributed by atoms with Crippen molar-refractivity contribution in [3.05, 3.63) is 6.20 Å². The van der Waals surface area contributed by atoms with Crippen molar-refractivity contribution in [2.45, 2.75) is 38.6 Å². The summed E-state index contributed by atoms with van der Waals surface area (Å²) in [5, 5.41) is 12.3. The zero-order valence-electron chi connectivity index (χ0n) is 11.0. The number of aliphatic hydroxyl groups excluding tert-OH is 1. The number of nitrogens with one attached hydrogen (secondary N) is 1. The largest absolute Gasteiger partial charge is 0.491 e. The zero-order chi connectivity index (χ0) is 13.4. The van der Waals surface area contributed by atoms with E-state index in [-0.39, 0.29) is 18.6 Å². The Morgan fingerprint density at radius 3 is 2.89 bits per heavy atom. The number of hydrogen-bond acceptors (Lipinski definition) is 6. The number of nitrogen functional groups attached to an aromatic ring is 1. The molecule has 1 aromatic heterocycles. The van der Waals surface area contributed by atoms with Crippen LogP contribution in [0.5, 0.6) is 5.75 Å². The van der Waals surface area contributed by atoms with Gasteiger partial charge in [-0.05, 0) is 12.8 Å². The molecule has 1 aromatic rings. The fourth-order valence-electron chi connectivity index (χ4n) is 1.73. The summed E-state index contributed by atoms with van der Waals surface area (Å²) < 4.78 is 5.18. The molecule has 0 radical (unpaired) electrons. The van der Waals surface area contributed by atoms with Crippen LogP contribution in [0.4, 0.5) is 11.8 Å². The Hall–Kier alpha value is -1.56. The van der Waals surface area contributed by atoms with Gasteiger partial charge in [-0.2, -0.15) is 4.98 Å². The van der Waals surface area contributed by atoms with Crippen LogP contribution >= 0.6 is 0 Å². The molecule has 6 nitrogen and oxygen atoms in total. The molecule has 0 fully saturated rings. The fourth-order valence-corrected chi connectivity index (χ4v) is 1.73. The molecule has 0 aromatic carbocycles. The van der Waals surface area contributed by atoms with Crippen LogP contribution in [0.3, 0.4) is 0 Å². The number of aromatic nitrogens is 2. The number of aliphatic hydroxyl groups is 1. The van der Waals surface area contributed by atoms with Gasteiger partial charge >= 0.3 is 0 Å². The predicted molar refractivity (Wildman–Crippen MR) is 71.6 cm³/mol. The van der Waals surface area contributed by atoms with E-state index in [4.69, 9.17) is 15.6 Å². The van der Waals surface area contributed by atoms with Crippen LogP contribution in [0.1, 0.15) is 32.6 Å². The minimum Gasteiger partial charge on any atom is -0.491 e. The molecule has 0 spiro atoms. The number of ether oxygens (including phenoxy) is 1. The maximum absolute atomic E-state index is 9.07. The molecule has 18 heavy (non-hydrogen) atoms. The first kappa shape index (κ1) is 14.5. The number of rotatable bonds is 8. The second-order valence-electron chi connectivity index (χ2n) is 4.14. The molecule has 0 aliphatic rings. The topological polar surface area (TPSA) is 93.3 Å². The number of hydrogen-bond donors (Lipinski definition) is 3. The molecule has 0 amide bonds. The lowest BCUT2D eigenvalue weighted by atomic mass is 10.1. The second-order valence-corrected chi connectivity index (χ2v) is 4.14. The lowest BCUT2D eigenvalue weighted by molar-refractivity contribution is 0.276. The fraction of sp³-hybridized carbons (Fsp3) is 0.667. The Morgan fingerprint density at radius 2 is 2.28 bits per heavy atom. The average molecular weight is 254 g/mol. The molecule has 0 aliphatic carbocycles. The standard InChI is InChI=1S/C12H22N4O2/c1-3-4-5-9(6-7-17)15-11-10(18-2)8-14-12(13)16-11/h8-9,17H,3-7H2,1-2H3,(H3,13,14,15,16)/t9-/m1/s1. The van der Waals surface area contributed by atoms with Gasteiger partial charge < -0.3 is 20.9 Å². The van der Waals surface area contributed by atoms with Crippen molar-refractivity contribution in [3.8, 4) is 5.75 Å². The van der Waals surface area contributed by atoms with Gasteiger partial charge in [0.05, 0.1) is 13.3 Å². The first-order valence-corrected chi connectivity index (χ1v) is 6.25. The van der Waals surface area contributed by atoms with Crippen LogP contribution in [0.15, 0.2) is 6.20 Å². The van der Waals surface area contributed by atoms with Crippen LogP contribution in [-0.2, 0) is 0 Å². The molecule has 1 atom stereocenters. The molecule has 0 saturated carbocycles. The summed E-state index contributed by atoms with van der Waals surface area (Å²) >= 11 is 0. The maximum Gasteiger partial charge on any atom is 0.222 e. The number of nitrogens with two attached hydrogens (primary N) is 1. The van der Waals surface area contributed by atoms with Gasteiger partial charge in [-0.15, -0.1) is 0 Å². The highest BCUT2D eigenvalue weighted by atomic mass is 16.5. The molecule has 1 rings (SSSR count). The van der Waals surface area contributed by atoms with E-state index >= 15 is 0 Å². The normalized spacial score (nSPS) is 12.2. The number of unbranched alkanes of at least 4 members (excludes halogenated alkanes) is 1. The highest BCUT2D eigenvalue weighted by Gasteiger charge is 2.12. The van der Waals surface area contributed by atoms with Crippen LogP contribution in [-0.4, -0.2) is 34.8 Å². The number of nitrogens with zero attached hydrogens (tertiary/aromatic N) is 2. The van der Waals surface area contributed by atoms with Crippen molar-refractivity contribution in [3.63, 3.8) is 0 Å². The monoisotopic (exact) mass is 254 g/mol. The van der Waals surface area contributed by atoms with Crippen LogP contribution < -0.4 is 15.8 Å². The van der Waals surface area contributed by atoms with E-state index in [0.717, 1.165) is 19.3 Å². The van der Waals surface area contributed by atoms with Crippen LogP contribution in [0.2, 0.25) is 0 Å². The lowest BCUT2D eigenvalue weighted by Crippen LogP contribution is -2.22. The summed E-state index contributed by atoms with van der Waals surface area (Å²) in [4.78, 5) is 8.00. The van der Waals surface area contributed by atoms with E-state index in [1.807, 2.05) is 0 Å². The van der Waals surface area contributed by atoms with Gasteiger partial charge in [0, 0.05) is 12.6 Å².